The number of aromatic nitrogens is 8. The third-order valence-corrected chi connectivity index (χ3v) is 9.29. The highest BCUT2D eigenvalue weighted by atomic mass is 35.5. The Kier molecular flexibility index (Phi) is 19.1. The molecule has 17 nitrogen and oxygen atoms in total. The van der Waals surface area contributed by atoms with Gasteiger partial charge in [-0.05, 0) is 59.0 Å². The number of aromatic carboxylic acids is 1. The van der Waals surface area contributed by atoms with E-state index in [1.807, 2.05) is 6.26 Å². The number of nitrogens with zero attached hydrogens (tertiary/aromatic N) is 8. The zero-order valence-corrected chi connectivity index (χ0v) is 34.7. The largest absolute Gasteiger partial charge is 0.477 e. The molecule has 6 aromatic rings. The van der Waals surface area contributed by atoms with E-state index < -0.39 is 11.9 Å². The molecule has 21 heteroatoms. The van der Waals surface area contributed by atoms with Crippen LogP contribution in [-0.2, 0) is 39.5 Å². The maximum Gasteiger partial charge on any atom is 0.342 e. The molecule has 0 fully saturated rings. The predicted octanol–water partition coefficient (Wildman–Crippen LogP) is 5.20. The van der Waals surface area contributed by atoms with Crippen molar-refractivity contribution >= 4 is 58.6 Å². The molecule has 0 saturated carbocycles. The smallest absolute Gasteiger partial charge is 0.342 e. The third kappa shape index (κ3) is 14.7. The lowest BCUT2D eigenvalue weighted by Gasteiger charge is -2.12. The van der Waals surface area contributed by atoms with Crippen LogP contribution in [0, 0.1) is 0 Å². The number of aliphatic hydroxyl groups is 2. The van der Waals surface area contributed by atoms with Crippen molar-refractivity contribution in [2.24, 2.45) is 5.73 Å². The van der Waals surface area contributed by atoms with Crippen molar-refractivity contribution in [3.63, 3.8) is 0 Å². The lowest BCUT2D eigenvalue weighted by atomic mass is 10.1. The van der Waals surface area contributed by atoms with Gasteiger partial charge in [-0.2, -0.15) is 9.97 Å². The number of rotatable bonds is 15. The Morgan fingerprint density at radius 3 is 1.58 bits per heavy atom. The molecular weight excluding hydrogens is 844 g/mol. The van der Waals surface area contributed by atoms with Gasteiger partial charge in [0.15, 0.2) is 10.3 Å². The number of aliphatic hydroxyl groups excluding tert-OH is 2. The van der Waals surface area contributed by atoms with Crippen LogP contribution in [0.15, 0.2) is 96.0 Å². The molecule has 0 spiro atoms. The number of halogens is 2. The Morgan fingerprint density at radius 2 is 1.17 bits per heavy atom. The summed E-state index contributed by atoms with van der Waals surface area (Å²) in [5, 5.41) is 31.9. The highest BCUT2D eigenvalue weighted by Crippen LogP contribution is 2.24. The molecule has 0 unspecified atom stereocenters. The number of amides is 1. The van der Waals surface area contributed by atoms with Crippen molar-refractivity contribution in [2.45, 2.75) is 49.8 Å². The predicted molar refractivity (Wildman–Crippen MR) is 221 cm³/mol. The second-order valence-corrected chi connectivity index (χ2v) is 13.8. The van der Waals surface area contributed by atoms with Gasteiger partial charge in [-0.15, -0.1) is 0 Å². The van der Waals surface area contributed by atoms with E-state index in [4.69, 9.17) is 48.6 Å². The van der Waals surface area contributed by atoms with Crippen molar-refractivity contribution in [1.82, 2.24) is 45.2 Å². The normalized spacial score (nSPS) is 10.4. The van der Waals surface area contributed by atoms with Crippen LogP contribution < -0.4 is 20.5 Å². The van der Waals surface area contributed by atoms with Crippen LogP contribution in [0.3, 0.4) is 0 Å². The Balaban J connectivity index is 0.000000225. The fourth-order valence-corrected chi connectivity index (χ4v) is 5.64. The summed E-state index contributed by atoms with van der Waals surface area (Å²) < 4.78 is 11.3. The number of carboxylic acid groups (broad SMARTS) is 1. The number of ether oxygens (including phenoxy) is 2. The van der Waals surface area contributed by atoms with Crippen molar-refractivity contribution < 1.29 is 34.4 Å². The summed E-state index contributed by atoms with van der Waals surface area (Å²) in [6.45, 7) is 0.557. The standard InChI is InChI=1S/C19H18ClN5O3S.C14H13ClN2O4S.C5H7N3/c1-29-19-24-8-14(17(27)23-9-16-21-5-2-6-22-16)18(25-19)28-11-12-3-4-13(10-26)15(20)7-12;1-22-14-16-5-10(13(19)20)12(17-14)21-7-8-2-3-9(6-18)11(15)4-8;6-4-5-7-2-1-3-8-5/h2-8,26H,9-11H2,1H3,(H,23,27);2-5,18H,6-7H2,1H3,(H,19,20);1-3H,4,6H2. The summed E-state index contributed by atoms with van der Waals surface area (Å²) in [4.78, 5) is 56.1. The minimum Gasteiger partial charge on any atom is -0.477 e. The number of carbonyl (C=O) groups is 2. The topological polar surface area (TPSA) is 254 Å². The van der Waals surface area contributed by atoms with Gasteiger partial charge in [0, 0.05) is 47.2 Å². The van der Waals surface area contributed by atoms with Crippen molar-refractivity contribution in [2.75, 3.05) is 12.5 Å². The number of nitrogens with two attached hydrogens (primary N) is 1. The highest BCUT2D eigenvalue weighted by molar-refractivity contribution is 7.98. The Hall–Kier alpha value is -5.54. The molecule has 0 saturated heterocycles. The first-order valence-corrected chi connectivity index (χ1v) is 20.4. The quantitative estimate of drug-likeness (QED) is 0.0656. The van der Waals surface area contributed by atoms with Crippen LogP contribution >= 0.6 is 46.7 Å². The van der Waals surface area contributed by atoms with E-state index in [9.17, 15) is 14.7 Å². The van der Waals surface area contributed by atoms with Crippen LogP contribution in [-0.4, -0.2) is 79.6 Å². The van der Waals surface area contributed by atoms with E-state index in [1.165, 1.54) is 35.9 Å². The molecule has 4 aromatic heterocycles. The van der Waals surface area contributed by atoms with Crippen molar-refractivity contribution in [1.29, 1.82) is 0 Å². The maximum absolute atomic E-state index is 12.6. The summed E-state index contributed by atoms with van der Waals surface area (Å²) in [6.07, 6.45) is 12.8. The van der Waals surface area contributed by atoms with Gasteiger partial charge in [-0.25, -0.2) is 34.7 Å². The average Bonchev–Trinajstić information content (AvgIpc) is 3.27. The summed E-state index contributed by atoms with van der Waals surface area (Å²) in [6, 6.07) is 13.8. The Morgan fingerprint density at radius 1 is 0.712 bits per heavy atom. The number of hydrogen-bond donors (Lipinski definition) is 5. The molecule has 0 bridgehead atoms. The van der Waals surface area contributed by atoms with E-state index >= 15 is 0 Å². The number of benzene rings is 2. The zero-order chi connectivity index (χ0) is 42.6. The van der Waals surface area contributed by atoms with Gasteiger partial charge in [0.25, 0.3) is 5.91 Å². The molecule has 0 aliphatic rings. The van der Waals surface area contributed by atoms with E-state index in [2.05, 4.69) is 45.2 Å². The van der Waals surface area contributed by atoms with Crippen LogP contribution in [0.4, 0.5) is 0 Å². The van der Waals surface area contributed by atoms with Crippen LogP contribution in [0.25, 0.3) is 0 Å². The number of carboxylic acids is 1. The number of carbonyl (C=O) groups excluding carboxylic acids is 1. The Bertz CT molecular complexity index is 2290. The molecule has 0 radical (unpaired) electrons. The molecule has 308 valence electrons. The third-order valence-electron chi connectivity index (χ3n) is 7.46. The fraction of sp³-hybridized carbons (Fsp3) is 0.211. The van der Waals surface area contributed by atoms with Crippen LogP contribution in [0.5, 0.6) is 11.8 Å². The fourth-order valence-electron chi connectivity index (χ4n) is 4.45. The number of thioether (sulfide) groups is 2. The lowest BCUT2D eigenvalue weighted by molar-refractivity contribution is 0.0689. The zero-order valence-electron chi connectivity index (χ0n) is 31.5. The van der Waals surface area contributed by atoms with Gasteiger partial charge in [-0.1, -0.05) is 71.0 Å². The Labute approximate surface area is 357 Å². The molecular formula is C38H38Cl2N10O7S2. The first kappa shape index (κ1) is 46.2. The number of hydrogen-bond acceptors (Lipinski definition) is 17. The van der Waals surface area contributed by atoms with Crippen molar-refractivity contribution in [3.8, 4) is 11.8 Å². The summed E-state index contributed by atoms with van der Waals surface area (Å²) in [7, 11) is 0. The minimum atomic E-state index is -1.16. The second kappa shape index (κ2) is 24.4. The van der Waals surface area contributed by atoms with Gasteiger partial charge in [0.2, 0.25) is 11.8 Å². The van der Waals surface area contributed by atoms with Gasteiger partial charge >= 0.3 is 5.97 Å². The van der Waals surface area contributed by atoms with E-state index in [0.717, 1.165) is 11.1 Å². The monoisotopic (exact) mass is 880 g/mol. The first-order chi connectivity index (χ1) is 28.6. The molecule has 6 rings (SSSR count). The average molecular weight is 882 g/mol. The molecule has 4 heterocycles. The van der Waals surface area contributed by atoms with Gasteiger partial charge < -0.3 is 35.8 Å². The molecule has 0 aliphatic heterocycles. The van der Waals surface area contributed by atoms with E-state index in [-0.39, 0.29) is 55.9 Å². The van der Waals surface area contributed by atoms with E-state index in [1.54, 1.807) is 79.6 Å². The maximum atomic E-state index is 12.6. The van der Waals surface area contributed by atoms with Crippen molar-refractivity contribution in [3.05, 3.63) is 141 Å². The summed E-state index contributed by atoms with van der Waals surface area (Å²) in [5.41, 5.74) is 8.09. The van der Waals surface area contributed by atoms with Gasteiger partial charge in [-0.3, -0.25) is 4.79 Å². The summed E-state index contributed by atoms with van der Waals surface area (Å²) >= 11 is 14.7. The molecule has 6 N–H and O–H groups in total. The molecule has 1 amide bonds. The second-order valence-electron chi connectivity index (χ2n) is 11.4. The lowest BCUT2D eigenvalue weighted by Crippen LogP contribution is -2.25. The van der Waals surface area contributed by atoms with E-state index in [0.29, 0.717) is 49.7 Å². The van der Waals surface area contributed by atoms with Crippen LogP contribution in [0.2, 0.25) is 10.0 Å². The molecule has 2 aromatic carbocycles. The van der Waals surface area contributed by atoms with Crippen LogP contribution in [0.1, 0.15) is 54.6 Å². The van der Waals surface area contributed by atoms with Gasteiger partial charge in [0.05, 0.1) is 26.3 Å². The molecule has 0 atom stereocenters. The molecule has 0 aliphatic carbocycles. The first-order valence-electron chi connectivity index (χ1n) is 17.2. The summed E-state index contributed by atoms with van der Waals surface area (Å²) in [5.74, 6) is -0.200. The SMILES string of the molecule is CSc1ncc(C(=O)NCc2ncccn2)c(OCc2ccc(CO)c(Cl)c2)n1.CSc1ncc(C(=O)O)c(OCc2ccc(CO)c(Cl)c2)n1.NCc1ncccn1. The van der Waals surface area contributed by atoms with Gasteiger partial charge in [0.1, 0.15) is 36.0 Å². The highest BCUT2D eigenvalue weighted by Gasteiger charge is 2.18. The number of nitrogens with one attached hydrogen (secondary N) is 1. The molecule has 59 heavy (non-hydrogen) atoms. The minimum absolute atomic E-state index is 0.00853.